The zero-order valence-corrected chi connectivity index (χ0v) is 14.2. The molecule has 1 aromatic heterocycles. The Balaban J connectivity index is 1.57. The minimum atomic E-state index is 0.638. The maximum absolute atomic E-state index is 5.66. The second-order valence-corrected chi connectivity index (χ2v) is 5.87. The fourth-order valence-corrected chi connectivity index (χ4v) is 2.93. The molecule has 1 N–H and O–H groups in total. The molecule has 0 aliphatic carbocycles. The molecular formula is C18H25N5O. The molecule has 0 saturated carbocycles. The van der Waals surface area contributed by atoms with Crippen LogP contribution in [0.15, 0.2) is 30.6 Å². The van der Waals surface area contributed by atoms with Crippen molar-refractivity contribution in [1.29, 1.82) is 0 Å². The molecule has 0 radical (unpaired) electrons. The third kappa shape index (κ3) is 4.34. The lowest BCUT2D eigenvalue weighted by atomic mass is 10.1. The summed E-state index contributed by atoms with van der Waals surface area (Å²) in [5.41, 5.74) is 1.19. The summed E-state index contributed by atoms with van der Waals surface area (Å²) < 4.78 is 5.66. The zero-order valence-electron chi connectivity index (χ0n) is 14.2. The maximum Gasteiger partial charge on any atom is 0.230 e. The van der Waals surface area contributed by atoms with Crippen LogP contribution in [0.3, 0.4) is 0 Å². The van der Waals surface area contributed by atoms with Crippen molar-refractivity contribution in [3.05, 3.63) is 36.2 Å². The summed E-state index contributed by atoms with van der Waals surface area (Å²) in [6, 6.07) is 8.14. The van der Waals surface area contributed by atoms with Crippen molar-refractivity contribution in [1.82, 2.24) is 15.0 Å². The van der Waals surface area contributed by atoms with Gasteiger partial charge in [-0.25, -0.2) is 9.97 Å². The third-order valence-corrected chi connectivity index (χ3v) is 4.15. The van der Waals surface area contributed by atoms with Gasteiger partial charge in [-0.05, 0) is 44.2 Å². The predicted molar refractivity (Wildman–Crippen MR) is 95.7 cm³/mol. The Hall–Kier alpha value is -2.37. The largest absolute Gasteiger partial charge is 0.494 e. The average molecular weight is 327 g/mol. The number of nitrogens with zero attached hydrogens (tertiary/aromatic N) is 4. The molecule has 1 aliphatic rings. The molecule has 1 aliphatic heterocycles. The highest BCUT2D eigenvalue weighted by atomic mass is 16.5. The lowest BCUT2D eigenvalue weighted by molar-refractivity contribution is 0.336. The zero-order chi connectivity index (χ0) is 16.6. The highest BCUT2D eigenvalue weighted by Gasteiger charge is 2.14. The van der Waals surface area contributed by atoms with Crippen LogP contribution < -0.4 is 15.0 Å². The SMILES string of the molecule is CCOc1ccccc1CCNc1ncnc(N2CCCCC2)n1. The van der Waals surface area contributed by atoms with Crippen LogP contribution >= 0.6 is 0 Å². The lowest BCUT2D eigenvalue weighted by Crippen LogP contribution is -2.31. The number of benzene rings is 1. The van der Waals surface area contributed by atoms with Gasteiger partial charge in [0.2, 0.25) is 11.9 Å². The van der Waals surface area contributed by atoms with Crippen molar-refractivity contribution in [2.45, 2.75) is 32.6 Å². The predicted octanol–water partition coefficient (Wildman–Crippen LogP) is 2.92. The van der Waals surface area contributed by atoms with Crippen molar-refractivity contribution < 1.29 is 4.74 Å². The van der Waals surface area contributed by atoms with E-state index in [0.717, 1.165) is 37.8 Å². The van der Waals surface area contributed by atoms with Gasteiger partial charge in [-0.3, -0.25) is 0 Å². The van der Waals surface area contributed by atoms with Gasteiger partial charge in [0.1, 0.15) is 12.1 Å². The normalized spacial score (nSPS) is 14.5. The van der Waals surface area contributed by atoms with Gasteiger partial charge in [-0.15, -0.1) is 0 Å². The summed E-state index contributed by atoms with van der Waals surface area (Å²) in [7, 11) is 0. The second-order valence-electron chi connectivity index (χ2n) is 5.87. The van der Waals surface area contributed by atoms with Crippen molar-refractivity contribution in [2.75, 3.05) is 36.5 Å². The molecule has 0 unspecified atom stereocenters. The van der Waals surface area contributed by atoms with Gasteiger partial charge in [-0.2, -0.15) is 4.98 Å². The first-order valence-corrected chi connectivity index (χ1v) is 8.75. The van der Waals surface area contributed by atoms with Crippen LogP contribution in [-0.2, 0) is 6.42 Å². The highest BCUT2D eigenvalue weighted by Crippen LogP contribution is 2.19. The molecule has 6 nitrogen and oxygen atoms in total. The maximum atomic E-state index is 5.66. The minimum Gasteiger partial charge on any atom is -0.494 e. The van der Waals surface area contributed by atoms with Gasteiger partial charge in [0.05, 0.1) is 6.61 Å². The molecule has 0 amide bonds. The molecule has 1 saturated heterocycles. The molecule has 24 heavy (non-hydrogen) atoms. The van der Waals surface area contributed by atoms with Crippen LogP contribution in [0.25, 0.3) is 0 Å². The Morgan fingerprint density at radius 1 is 1.12 bits per heavy atom. The van der Waals surface area contributed by atoms with Crippen LogP contribution in [0.5, 0.6) is 5.75 Å². The topological polar surface area (TPSA) is 63.2 Å². The Kier molecular flexibility index (Phi) is 5.82. The van der Waals surface area contributed by atoms with E-state index in [1.165, 1.54) is 24.8 Å². The number of nitrogens with one attached hydrogen (secondary N) is 1. The summed E-state index contributed by atoms with van der Waals surface area (Å²) >= 11 is 0. The Labute approximate surface area is 143 Å². The van der Waals surface area contributed by atoms with Crippen molar-refractivity contribution in [3.63, 3.8) is 0 Å². The highest BCUT2D eigenvalue weighted by molar-refractivity contribution is 5.37. The van der Waals surface area contributed by atoms with E-state index in [4.69, 9.17) is 4.74 Å². The first kappa shape index (κ1) is 16.5. The fraction of sp³-hybridized carbons (Fsp3) is 0.500. The van der Waals surface area contributed by atoms with Gasteiger partial charge >= 0.3 is 0 Å². The summed E-state index contributed by atoms with van der Waals surface area (Å²) in [5.74, 6) is 2.37. The molecule has 6 heteroatoms. The number of anilines is 2. The van der Waals surface area contributed by atoms with Crippen LogP contribution in [0.4, 0.5) is 11.9 Å². The van der Waals surface area contributed by atoms with Crippen LogP contribution in [0, 0.1) is 0 Å². The average Bonchev–Trinajstić information content (AvgIpc) is 2.64. The number of hydrogen-bond acceptors (Lipinski definition) is 6. The van der Waals surface area contributed by atoms with Gasteiger partial charge < -0.3 is 15.0 Å². The molecule has 128 valence electrons. The smallest absolute Gasteiger partial charge is 0.230 e. The van der Waals surface area contributed by atoms with Gasteiger partial charge in [0, 0.05) is 19.6 Å². The summed E-state index contributed by atoms with van der Waals surface area (Å²) in [6.45, 7) is 5.50. The fourth-order valence-electron chi connectivity index (χ4n) is 2.93. The van der Waals surface area contributed by atoms with Crippen LogP contribution in [-0.4, -0.2) is 41.2 Å². The number of rotatable bonds is 7. The van der Waals surface area contributed by atoms with Crippen LogP contribution in [0.2, 0.25) is 0 Å². The molecule has 2 aromatic rings. The molecular weight excluding hydrogens is 302 g/mol. The number of piperidine rings is 1. The first-order valence-electron chi connectivity index (χ1n) is 8.75. The number of aromatic nitrogens is 3. The van der Waals surface area contributed by atoms with E-state index in [1.54, 1.807) is 6.33 Å². The van der Waals surface area contributed by atoms with Gasteiger partial charge in [-0.1, -0.05) is 18.2 Å². The summed E-state index contributed by atoms with van der Waals surface area (Å²) in [4.78, 5) is 15.3. The van der Waals surface area contributed by atoms with E-state index in [0.29, 0.717) is 12.6 Å². The van der Waals surface area contributed by atoms with E-state index < -0.39 is 0 Å². The number of para-hydroxylation sites is 1. The van der Waals surface area contributed by atoms with E-state index in [9.17, 15) is 0 Å². The van der Waals surface area contributed by atoms with E-state index in [-0.39, 0.29) is 0 Å². The molecule has 3 rings (SSSR count). The van der Waals surface area contributed by atoms with Crippen molar-refractivity contribution in [3.8, 4) is 5.75 Å². The van der Waals surface area contributed by atoms with E-state index in [2.05, 4.69) is 31.2 Å². The monoisotopic (exact) mass is 327 g/mol. The summed E-state index contributed by atoms with van der Waals surface area (Å²) in [6.07, 6.45) is 6.17. The lowest BCUT2D eigenvalue weighted by Gasteiger charge is -2.26. The Morgan fingerprint density at radius 2 is 1.96 bits per heavy atom. The molecule has 0 spiro atoms. The molecule has 1 aromatic carbocycles. The Bertz CT molecular complexity index is 643. The molecule has 2 heterocycles. The second kappa shape index (κ2) is 8.47. The van der Waals surface area contributed by atoms with Gasteiger partial charge in [0.15, 0.2) is 0 Å². The molecule has 0 atom stereocenters. The standard InChI is InChI=1S/C18H25N5O/c1-2-24-16-9-5-4-8-15(16)10-11-19-17-20-14-21-18(22-17)23-12-6-3-7-13-23/h4-5,8-9,14H,2-3,6-7,10-13H2,1H3,(H,19,20,21,22). The number of hydrogen-bond donors (Lipinski definition) is 1. The van der Waals surface area contributed by atoms with Crippen LogP contribution in [0.1, 0.15) is 31.7 Å². The number of ether oxygens (including phenoxy) is 1. The minimum absolute atomic E-state index is 0.638. The molecule has 0 bridgehead atoms. The van der Waals surface area contributed by atoms with Crippen molar-refractivity contribution in [2.24, 2.45) is 0 Å². The third-order valence-electron chi connectivity index (χ3n) is 4.15. The Morgan fingerprint density at radius 3 is 2.79 bits per heavy atom. The molecule has 1 fully saturated rings. The quantitative estimate of drug-likeness (QED) is 0.843. The van der Waals surface area contributed by atoms with E-state index in [1.807, 2.05) is 25.1 Å². The van der Waals surface area contributed by atoms with E-state index >= 15 is 0 Å². The first-order chi connectivity index (χ1) is 11.9. The van der Waals surface area contributed by atoms with Crippen molar-refractivity contribution >= 4 is 11.9 Å². The van der Waals surface area contributed by atoms with Gasteiger partial charge in [0.25, 0.3) is 0 Å². The summed E-state index contributed by atoms with van der Waals surface area (Å²) in [5, 5.41) is 3.30.